The Morgan fingerprint density at radius 1 is 0.588 bits per heavy atom. The summed E-state index contributed by atoms with van der Waals surface area (Å²) in [5.41, 5.74) is 0. The van der Waals surface area contributed by atoms with Crippen molar-refractivity contribution in [2.75, 3.05) is 47.5 Å². The minimum atomic E-state index is -1.62. The molecule has 298 valence electrons. The standard InChI is InChI=1S/C42H77NO8/c1-6-8-10-12-14-16-18-19-20-21-22-23-25-27-29-31-33-40(45)51-38(37-50-42(41(46)47)48-35-34-43(3,4)5)36-49-39(44)32-30-28-26-24-17-15-13-11-9-7-2/h16,18,20-21,38,42H,6-15,17,19,22-37H2,1-5H3/b18-16-,21-20-. The van der Waals surface area contributed by atoms with E-state index in [-0.39, 0.29) is 32.2 Å². The summed E-state index contributed by atoms with van der Waals surface area (Å²) in [6.45, 7) is 4.68. The van der Waals surface area contributed by atoms with Crippen LogP contribution in [-0.4, -0.2) is 82.3 Å². The molecule has 0 aromatic rings. The quantitative estimate of drug-likeness (QED) is 0.0206. The zero-order valence-electron chi connectivity index (χ0n) is 33.5. The molecule has 0 aromatic carbocycles. The third kappa shape index (κ3) is 35.9. The largest absolute Gasteiger partial charge is 0.545 e. The van der Waals surface area contributed by atoms with Crippen LogP contribution in [0.3, 0.4) is 0 Å². The normalized spacial score (nSPS) is 13.2. The Morgan fingerprint density at radius 2 is 1.06 bits per heavy atom. The topological polar surface area (TPSA) is 111 Å². The molecule has 2 atom stereocenters. The molecule has 0 saturated carbocycles. The van der Waals surface area contributed by atoms with E-state index in [1.807, 2.05) is 21.1 Å². The molecule has 0 bridgehead atoms. The van der Waals surface area contributed by atoms with Crippen LogP contribution < -0.4 is 5.11 Å². The van der Waals surface area contributed by atoms with Crippen LogP contribution in [0.15, 0.2) is 24.3 Å². The van der Waals surface area contributed by atoms with Gasteiger partial charge in [0.25, 0.3) is 0 Å². The van der Waals surface area contributed by atoms with Crippen molar-refractivity contribution in [3.05, 3.63) is 24.3 Å². The first kappa shape index (κ1) is 48.8. The number of ether oxygens (including phenoxy) is 4. The number of esters is 2. The molecule has 0 N–H and O–H groups in total. The van der Waals surface area contributed by atoms with Crippen LogP contribution in [0.4, 0.5) is 0 Å². The third-order valence-corrected chi connectivity index (χ3v) is 8.70. The van der Waals surface area contributed by atoms with Crippen molar-refractivity contribution in [1.29, 1.82) is 0 Å². The van der Waals surface area contributed by atoms with Gasteiger partial charge in [0.2, 0.25) is 0 Å². The number of likely N-dealkylation sites (N-methyl/N-ethyl adjacent to an activating group) is 1. The Morgan fingerprint density at radius 3 is 1.57 bits per heavy atom. The first-order chi connectivity index (χ1) is 24.6. The third-order valence-electron chi connectivity index (χ3n) is 8.70. The minimum Gasteiger partial charge on any atom is -0.545 e. The monoisotopic (exact) mass is 724 g/mol. The Kier molecular flexibility index (Phi) is 33.3. The number of allylic oxidation sites excluding steroid dienone is 4. The molecule has 0 heterocycles. The van der Waals surface area contributed by atoms with Crippen LogP contribution >= 0.6 is 0 Å². The van der Waals surface area contributed by atoms with E-state index in [1.54, 1.807) is 0 Å². The summed E-state index contributed by atoms with van der Waals surface area (Å²) in [7, 11) is 5.89. The van der Waals surface area contributed by atoms with Crippen molar-refractivity contribution in [2.45, 2.75) is 180 Å². The number of aliphatic carboxylic acids is 1. The zero-order valence-corrected chi connectivity index (χ0v) is 33.5. The molecule has 0 aromatic heterocycles. The van der Waals surface area contributed by atoms with Gasteiger partial charge >= 0.3 is 11.9 Å². The molecule has 0 rings (SSSR count). The lowest BCUT2D eigenvalue weighted by Gasteiger charge is -2.26. The molecule has 0 saturated heterocycles. The number of unbranched alkanes of at least 4 members (excludes halogenated alkanes) is 18. The second kappa shape index (κ2) is 34.8. The number of quaternary nitrogens is 1. The van der Waals surface area contributed by atoms with Gasteiger partial charge in [0.05, 0.1) is 40.3 Å². The fourth-order valence-corrected chi connectivity index (χ4v) is 5.45. The van der Waals surface area contributed by atoms with Gasteiger partial charge in [-0.15, -0.1) is 0 Å². The van der Waals surface area contributed by atoms with Gasteiger partial charge in [0, 0.05) is 12.8 Å². The highest BCUT2D eigenvalue weighted by Gasteiger charge is 2.21. The number of rotatable bonds is 37. The molecule has 0 aliphatic carbocycles. The fourth-order valence-electron chi connectivity index (χ4n) is 5.45. The van der Waals surface area contributed by atoms with Crippen molar-refractivity contribution < 1.29 is 42.9 Å². The molecule has 0 radical (unpaired) electrons. The van der Waals surface area contributed by atoms with Crippen LogP contribution in [0.1, 0.15) is 168 Å². The molecule has 2 unspecified atom stereocenters. The lowest BCUT2D eigenvalue weighted by molar-refractivity contribution is -0.870. The van der Waals surface area contributed by atoms with Crippen molar-refractivity contribution in [2.24, 2.45) is 0 Å². The van der Waals surface area contributed by atoms with Crippen LogP contribution in [0.25, 0.3) is 0 Å². The average molecular weight is 724 g/mol. The van der Waals surface area contributed by atoms with Crippen LogP contribution in [0, 0.1) is 0 Å². The van der Waals surface area contributed by atoms with Gasteiger partial charge in [-0.05, 0) is 44.9 Å². The summed E-state index contributed by atoms with van der Waals surface area (Å²) in [5, 5.41) is 11.6. The minimum absolute atomic E-state index is 0.146. The summed E-state index contributed by atoms with van der Waals surface area (Å²) in [4.78, 5) is 36.8. The Balaban J connectivity index is 4.51. The van der Waals surface area contributed by atoms with Gasteiger partial charge in [-0.1, -0.05) is 134 Å². The SMILES string of the molecule is CCCCCC/C=C\C/C=C\CCCCCCCC(=O)OC(COC(=O)CCCCCCCCCCCC)COC(OCC[N+](C)(C)C)C(=O)[O-]. The van der Waals surface area contributed by atoms with Crippen molar-refractivity contribution in [3.8, 4) is 0 Å². The van der Waals surface area contributed by atoms with E-state index in [0.29, 0.717) is 23.9 Å². The van der Waals surface area contributed by atoms with E-state index in [2.05, 4.69) is 38.2 Å². The Bertz CT molecular complexity index is 898. The van der Waals surface area contributed by atoms with Crippen molar-refractivity contribution in [1.82, 2.24) is 0 Å². The van der Waals surface area contributed by atoms with E-state index in [4.69, 9.17) is 18.9 Å². The number of carboxylic acid groups (broad SMARTS) is 1. The van der Waals surface area contributed by atoms with Crippen molar-refractivity contribution in [3.63, 3.8) is 0 Å². The number of nitrogens with zero attached hydrogens (tertiary/aromatic N) is 1. The predicted molar refractivity (Wildman–Crippen MR) is 205 cm³/mol. The number of carbonyl (C=O) groups is 3. The highest BCUT2D eigenvalue weighted by atomic mass is 16.7. The van der Waals surface area contributed by atoms with Gasteiger partial charge in [0.1, 0.15) is 13.2 Å². The summed E-state index contributed by atoms with van der Waals surface area (Å²) in [5.74, 6) is -2.30. The summed E-state index contributed by atoms with van der Waals surface area (Å²) >= 11 is 0. The van der Waals surface area contributed by atoms with Gasteiger partial charge < -0.3 is 33.3 Å². The number of carboxylic acids is 1. The molecule has 0 aliphatic heterocycles. The fraction of sp³-hybridized carbons (Fsp3) is 0.833. The van der Waals surface area contributed by atoms with E-state index in [1.165, 1.54) is 77.0 Å². The number of hydrogen-bond donors (Lipinski definition) is 0. The molecular formula is C42H77NO8. The maximum Gasteiger partial charge on any atom is 0.306 e. The van der Waals surface area contributed by atoms with E-state index in [0.717, 1.165) is 57.8 Å². The molecule has 9 heteroatoms. The second-order valence-corrected chi connectivity index (χ2v) is 14.9. The van der Waals surface area contributed by atoms with Gasteiger partial charge in [-0.25, -0.2) is 0 Å². The van der Waals surface area contributed by atoms with Gasteiger partial charge in [0.15, 0.2) is 12.4 Å². The smallest absolute Gasteiger partial charge is 0.306 e. The maximum atomic E-state index is 12.7. The van der Waals surface area contributed by atoms with Crippen LogP contribution in [0.5, 0.6) is 0 Å². The molecule has 0 spiro atoms. The number of carbonyl (C=O) groups excluding carboxylic acids is 3. The number of hydrogen-bond acceptors (Lipinski definition) is 8. The lowest BCUT2D eigenvalue weighted by atomic mass is 10.1. The maximum absolute atomic E-state index is 12.7. The highest BCUT2D eigenvalue weighted by molar-refractivity contribution is 5.70. The second-order valence-electron chi connectivity index (χ2n) is 14.9. The molecule has 51 heavy (non-hydrogen) atoms. The predicted octanol–water partition coefficient (Wildman–Crippen LogP) is 8.77. The molecule has 0 amide bonds. The first-order valence-electron chi connectivity index (χ1n) is 20.5. The van der Waals surface area contributed by atoms with E-state index in [9.17, 15) is 19.5 Å². The Hall–Kier alpha value is -2.23. The van der Waals surface area contributed by atoms with Gasteiger partial charge in [-0.2, -0.15) is 0 Å². The molecular weight excluding hydrogens is 646 g/mol. The Labute approximate surface area is 312 Å². The van der Waals surface area contributed by atoms with E-state index >= 15 is 0 Å². The lowest BCUT2D eigenvalue weighted by Crippen LogP contribution is -2.44. The molecule has 0 fully saturated rings. The zero-order chi connectivity index (χ0) is 37.8. The van der Waals surface area contributed by atoms with Gasteiger partial charge in [-0.3, -0.25) is 9.59 Å². The van der Waals surface area contributed by atoms with Crippen molar-refractivity contribution >= 4 is 17.9 Å². The van der Waals surface area contributed by atoms with Crippen LogP contribution in [0.2, 0.25) is 0 Å². The summed E-state index contributed by atoms with van der Waals surface area (Å²) in [6.07, 6.45) is 32.1. The summed E-state index contributed by atoms with van der Waals surface area (Å²) in [6, 6.07) is 0. The molecule has 0 aliphatic rings. The average Bonchev–Trinajstić information content (AvgIpc) is 3.08. The van der Waals surface area contributed by atoms with E-state index < -0.39 is 24.3 Å². The molecule has 9 nitrogen and oxygen atoms in total. The highest BCUT2D eigenvalue weighted by Crippen LogP contribution is 2.13. The summed E-state index contributed by atoms with van der Waals surface area (Å²) < 4.78 is 22.4. The first-order valence-corrected chi connectivity index (χ1v) is 20.5. The van der Waals surface area contributed by atoms with Crippen LogP contribution in [-0.2, 0) is 33.3 Å².